The van der Waals surface area contributed by atoms with Crippen LogP contribution in [0.5, 0.6) is 0 Å². The summed E-state index contributed by atoms with van der Waals surface area (Å²) in [6.07, 6.45) is 3.24. The molecule has 6 nitrogen and oxygen atoms in total. The van der Waals surface area contributed by atoms with E-state index >= 15 is 0 Å². The monoisotopic (exact) mass is 304 g/mol. The zero-order chi connectivity index (χ0) is 16.5. The summed E-state index contributed by atoms with van der Waals surface area (Å²) in [6.45, 7) is 8.12. The Hall–Kier alpha value is -1.70. The molecular weight excluding hydrogens is 283 g/mol. The molecule has 2 rings (SSSR count). The molecular formula is C15H21BN2O4. The minimum Gasteiger partial charge on any atom is -0.477 e. The van der Waals surface area contributed by atoms with Crippen LogP contribution in [0.4, 0.5) is 0 Å². The molecule has 0 spiro atoms. The Morgan fingerprint density at radius 2 is 1.95 bits per heavy atom. The van der Waals surface area contributed by atoms with Gasteiger partial charge in [-0.2, -0.15) is 0 Å². The van der Waals surface area contributed by atoms with Gasteiger partial charge in [-0.05, 0) is 50.9 Å². The van der Waals surface area contributed by atoms with Gasteiger partial charge in [0.15, 0.2) is 0 Å². The van der Waals surface area contributed by atoms with E-state index in [1.807, 2.05) is 27.7 Å². The average molecular weight is 304 g/mol. The van der Waals surface area contributed by atoms with Gasteiger partial charge in [0.25, 0.3) is 0 Å². The zero-order valence-corrected chi connectivity index (χ0v) is 13.3. The van der Waals surface area contributed by atoms with Crippen LogP contribution in [0.2, 0.25) is 0 Å². The number of carbonyl (C=O) groups is 1. The summed E-state index contributed by atoms with van der Waals surface area (Å²) in [7, 11) is -0.545. The fourth-order valence-electron chi connectivity index (χ4n) is 2.09. The van der Waals surface area contributed by atoms with Gasteiger partial charge in [-0.1, -0.05) is 6.08 Å². The average Bonchev–Trinajstić information content (AvgIpc) is 2.65. The predicted molar refractivity (Wildman–Crippen MR) is 84.3 cm³/mol. The van der Waals surface area contributed by atoms with Crippen molar-refractivity contribution in [1.82, 2.24) is 4.98 Å². The molecule has 0 amide bonds. The topological polar surface area (TPSA) is 94.7 Å². The van der Waals surface area contributed by atoms with Crippen molar-refractivity contribution in [3.05, 3.63) is 35.1 Å². The number of hydrogen-bond acceptors (Lipinski definition) is 5. The minimum absolute atomic E-state index is 0.0148. The standard InChI is InChI=1S/C15H21BN2O4/c1-14(2)15(3,4)22-16(21-14)11(9-17)7-10-5-6-18-12(8-10)13(19)20/h5-8H,9,17H2,1-4H3,(H,19,20). The maximum atomic E-state index is 11.0. The number of rotatable bonds is 4. The van der Waals surface area contributed by atoms with Gasteiger partial charge in [0.2, 0.25) is 0 Å². The summed E-state index contributed by atoms with van der Waals surface area (Å²) >= 11 is 0. The summed E-state index contributed by atoms with van der Waals surface area (Å²) in [6, 6.07) is 3.20. The lowest BCUT2D eigenvalue weighted by Crippen LogP contribution is -2.41. The van der Waals surface area contributed by atoms with Crippen molar-refractivity contribution in [2.24, 2.45) is 5.73 Å². The Morgan fingerprint density at radius 1 is 1.36 bits per heavy atom. The molecule has 0 radical (unpaired) electrons. The van der Waals surface area contributed by atoms with E-state index in [-0.39, 0.29) is 12.2 Å². The quantitative estimate of drug-likeness (QED) is 0.823. The molecule has 0 saturated carbocycles. The highest BCUT2D eigenvalue weighted by molar-refractivity contribution is 6.55. The fourth-order valence-corrected chi connectivity index (χ4v) is 2.09. The van der Waals surface area contributed by atoms with E-state index in [4.69, 9.17) is 20.1 Å². The summed E-state index contributed by atoms with van der Waals surface area (Å²) in [5, 5.41) is 8.99. The Kier molecular flexibility index (Phi) is 4.42. The lowest BCUT2D eigenvalue weighted by Gasteiger charge is -2.32. The lowest BCUT2D eigenvalue weighted by molar-refractivity contribution is 0.00578. The summed E-state index contributed by atoms with van der Waals surface area (Å²) in [5.74, 6) is -1.07. The summed E-state index contributed by atoms with van der Waals surface area (Å²) in [5.41, 5.74) is 6.35. The second-order valence-electron chi connectivity index (χ2n) is 6.29. The molecule has 1 aromatic heterocycles. The smallest absolute Gasteiger partial charge is 0.477 e. The Labute approximate surface area is 130 Å². The molecule has 1 aliphatic heterocycles. The highest BCUT2D eigenvalue weighted by Gasteiger charge is 2.52. The molecule has 7 heteroatoms. The van der Waals surface area contributed by atoms with Crippen LogP contribution in [0.15, 0.2) is 23.8 Å². The van der Waals surface area contributed by atoms with Gasteiger partial charge in [-0.3, -0.25) is 0 Å². The van der Waals surface area contributed by atoms with E-state index in [9.17, 15) is 4.79 Å². The predicted octanol–water partition coefficient (Wildman–Crippen LogP) is 1.75. The van der Waals surface area contributed by atoms with E-state index in [0.29, 0.717) is 5.56 Å². The second kappa shape index (κ2) is 5.83. The van der Waals surface area contributed by atoms with Crippen molar-refractivity contribution in [2.45, 2.75) is 38.9 Å². The molecule has 118 valence electrons. The van der Waals surface area contributed by atoms with Gasteiger partial charge in [-0.25, -0.2) is 9.78 Å². The van der Waals surface area contributed by atoms with Crippen molar-refractivity contribution in [2.75, 3.05) is 6.54 Å². The first-order valence-corrected chi connectivity index (χ1v) is 7.12. The third-order valence-corrected chi connectivity index (χ3v) is 4.15. The molecule has 0 bridgehead atoms. The number of nitrogens with two attached hydrogens (primary N) is 1. The van der Waals surface area contributed by atoms with Gasteiger partial charge in [0.05, 0.1) is 11.2 Å². The van der Waals surface area contributed by atoms with Crippen LogP contribution in [0, 0.1) is 0 Å². The molecule has 1 aliphatic rings. The van der Waals surface area contributed by atoms with Crippen LogP contribution in [0.3, 0.4) is 0 Å². The third kappa shape index (κ3) is 3.21. The first-order chi connectivity index (χ1) is 10.2. The lowest BCUT2D eigenvalue weighted by atomic mass is 9.77. The number of carboxylic acids is 1. The van der Waals surface area contributed by atoms with E-state index in [1.54, 1.807) is 12.1 Å². The van der Waals surface area contributed by atoms with Crippen LogP contribution in [0.1, 0.15) is 43.7 Å². The number of nitrogens with zero attached hydrogens (tertiary/aromatic N) is 1. The number of hydrogen-bond donors (Lipinski definition) is 2. The largest absolute Gasteiger partial charge is 0.491 e. The minimum atomic E-state index is -1.07. The molecule has 1 fully saturated rings. The van der Waals surface area contributed by atoms with Gasteiger partial charge in [-0.15, -0.1) is 0 Å². The summed E-state index contributed by atoms with van der Waals surface area (Å²) in [4.78, 5) is 14.8. The molecule has 1 aromatic rings. The van der Waals surface area contributed by atoms with Crippen molar-refractivity contribution < 1.29 is 19.2 Å². The van der Waals surface area contributed by atoms with E-state index in [1.165, 1.54) is 12.3 Å². The molecule has 3 N–H and O–H groups in total. The number of aromatic carboxylic acids is 1. The third-order valence-electron chi connectivity index (χ3n) is 4.15. The second-order valence-corrected chi connectivity index (χ2v) is 6.29. The Bertz CT molecular complexity index is 597. The molecule has 2 heterocycles. The first kappa shape index (κ1) is 16.7. The first-order valence-electron chi connectivity index (χ1n) is 7.12. The molecule has 1 saturated heterocycles. The van der Waals surface area contributed by atoms with Crippen LogP contribution in [-0.4, -0.2) is 40.9 Å². The SMILES string of the molecule is CC1(C)OB(C(=Cc2ccnc(C(=O)O)c2)CN)OC1(C)C. The van der Waals surface area contributed by atoms with Crippen LogP contribution < -0.4 is 5.73 Å². The van der Waals surface area contributed by atoms with Gasteiger partial charge in [0, 0.05) is 12.7 Å². The number of aromatic nitrogens is 1. The molecule has 0 aliphatic carbocycles. The number of carboxylic acid groups (broad SMARTS) is 1. The van der Waals surface area contributed by atoms with Crippen molar-refractivity contribution in [3.8, 4) is 0 Å². The molecule has 0 unspecified atom stereocenters. The normalized spacial score (nSPS) is 20.2. The van der Waals surface area contributed by atoms with E-state index in [0.717, 1.165) is 5.47 Å². The van der Waals surface area contributed by atoms with Crippen molar-refractivity contribution >= 4 is 19.2 Å². The number of pyridine rings is 1. The molecule has 22 heavy (non-hydrogen) atoms. The van der Waals surface area contributed by atoms with Gasteiger partial charge < -0.3 is 20.1 Å². The van der Waals surface area contributed by atoms with Gasteiger partial charge >= 0.3 is 13.1 Å². The van der Waals surface area contributed by atoms with Crippen molar-refractivity contribution in [1.29, 1.82) is 0 Å². The Morgan fingerprint density at radius 3 is 2.45 bits per heavy atom. The highest BCUT2D eigenvalue weighted by atomic mass is 16.7. The van der Waals surface area contributed by atoms with Crippen molar-refractivity contribution in [3.63, 3.8) is 0 Å². The summed E-state index contributed by atoms with van der Waals surface area (Å²) < 4.78 is 11.9. The van der Waals surface area contributed by atoms with E-state index in [2.05, 4.69) is 4.98 Å². The Balaban J connectivity index is 2.29. The molecule has 0 atom stereocenters. The van der Waals surface area contributed by atoms with E-state index < -0.39 is 24.3 Å². The van der Waals surface area contributed by atoms with Crippen LogP contribution in [-0.2, 0) is 9.31 Å². The fraction of sp³-hybridized carbons (Fsp3) is 0.467. The van der Waals surface area contributed by atoms with Crippen LogP contribution in [0.25, 0.3) is 6.08 Å². The van der Waals surface area contributed by atoms with Gasteiger partial charge in [0.1, 0.15) is 5.69 Å². The zero-order valence-electron chi connectivity index (χ0n) is 13.3. The molecule has 0 aromatic carbocycles. The maximum absolute atomic E-state index is 11.0. The maximum Gasteiger partial charge on any atom is 0.491 e. The van der Waals surface area contributed by atoms with Crippen LogP contribution >= 0.6 is 0 Å². The highest BCUT2D eigenvalue weighted by Crippen LogP contribution is 2.38.